The van der Waals surface area contributed by atoms with Gasteiger partial charge in [0.05, 0.1) is 23.2 Å². The Morgan fingerprint density at radius 1 is 1.23 bits per heavy atom. The molecule has 1 amide bonds. The predicted molar refractivity (Wildman–Crippen MR) is 125 cm³/mol. The second-order valence-electron chi connectivity index (χ2n) is 6.70. The van der Waals surface area contributed by atoms with Crippen LogP contribution in [0.15, 0.2) is 58.7 Å². The van der Waals surface area contributed by atoms with Gasteiger partial charge in [0.2, 0.25) is 5.91 Å². The van der Waals surface area contributed by atoms with E-state index in [1.54, 1.807) is 18.2 Å². The summed E-state index contributed by atoms with van der Waals surface area (Å²) in [7, 11) is 0. The van der Waals surface area contributed by atoms with Crippen molar-refractivity contribution in [3.05, 3.63) is 69.0 Å². The summed E-state index contributed by atoms with van der Waals surface area (Å²) in [6.07, 6.45) is 0.0974. The third-order valence-corrected chi connectivity index (χ3v) is 5.75. The first-order valence-corrected chi connectivity index (χ1v) is 11.0. The van der Waals surface area contributed by atoms with Crippen molar-refractivity contribution in [2.75, 3.05) is 11.9 Å². The van der Waals surface area contributed by atoms with E-state index in [-0.39, 0.29) is 24.4 Å². The van der Waals surface area contributed by atoms with Crippen molar-refractivity contribution < 1.29 is 9.53 Å². The van der Waals surface area contributed by atoms with E-state index in [9.17, 15) is 9.59 Å². The van der Waals surface area contributed by atoms with Crippen LogP contribution in [0.4, 0.5) is 5.13 Å². The summed E-state index contributed by atoms with van der Waals surface area (Å²) in [4.78, 5) is 32.7. The first-order chi connectivity index (χ1) is 15.1. The molecule has 0 saturated heterocycles. The standard InChI is InChI=1S/C22H20N4O3S2/c1-2-29-18-10-6-4-7-14(18)17-13-31-21(23-17)25-19(27)11-12-26-20(28)15-8-3-5-9-16(15)24-22(26)30/h3-10,13H,2,11-12H2,1H3,(H,24,30)(H,23,25,27). The van der Waals surface area contributed by atoms with Gasteiger partial charge in [-0.3, -0.25) is 14.2 Å². The second-order valence-corrected chi connectivity index (χ2v) is 7.94. The van der Waals surface area contributed by atoms with Crippen LogP contribution in [0.25, 0.3) is 22.2 Å². The van der Waals surface area contributed by atoms with Crippen LogP contribution in [0.5, 0.6) is 5.75 Å². The molecule has 2 heterocycles. The topological polar surface area (TPSA) is 89.0 Å². The average molecular weight is 453 g/mol. The number of aromatic nitrogens is 3. The van der Waals surface area contributed by atoms with E-state index in [1.165, 1.54) is 15.9 Å². The van der Waals surface area contributed by atoms with Gasteiger partial charge in [0, 0.05) is 23.9 Å². The molecule has 0 aliphatic rings. The Morgan fingerprint density at radius 2 is 2.00 bits per heavy atom. The van der Waals surface area contributed by atoms with E-state index in [2.05, 4.69) is 15.3 Å². The van der Waals surface area contributed by atoms with Crippen molar-refractivity contribution in [2.24, 2.45) is 0 Å². The predicted octanol–water partition coefficient (Wildman–Crippen LogP) is 4.61. The van der Waals surface area contributed by atoms with Gasteiger partial charge in [-0.2, -0.15) is 0 Å². The number of ether oxygens (including phenoxy) is 1. The Hall–Kier alpha value is -3.30. The Kier molecular flexibility index (Phi) is 6.24. The average Bonchev–Trinajstić information content (AvgIpc) is 3.22. The zero-order chi connectivity index (χ0) is 21.8. The van der Waals surface area contributed by atoms with E-state index in [0.29, 0.717) is 27.4 Å². The maximum absolute atomic E-state index is 12.7. The molecular weight excluding hydrogens is 432 g/mol. The summed E-state index contributed by atoms with van der Waals surface area (Å²) in [5.74, 6) is 0.506. The van der Waals surface area contributed by atoms with Crippen LogP contribution in [0, 0.1) is 4.77 Å². The number of benzene rings is 2. The summed E-state index contributed by atoms with van der Waals surface area (Å²) >= 11 is 6.63. The van der Waals surface area contributed by atoms with Crippen molar-refractivity contribution in [1.82, 2.24) is 14.5 Å². The molecule has 2 N–H and O–H groups in total. The fourth-order valence-electron chi connectivity index (χ4n) is 3.21. The van der Waals surface area contributed by atoms with Crippen molar-refractivity contribution in [2.45, 2.75) is 19.9 Å². The molecular formula is C22H20N4O3S2. The smallest absolute Gasteiger partial charge is 0.262 e. The Bertz CT molecular complexity index is 1360. The second kappa shape index (κ2) is 9.23. The number of H-pyrrole nitrogens is 1. The number of hydrogen-bond donors (Lipinski definition) is 2. The minimum Gasteiger partial charge on any atom is -0.493 e. The molecule has 0 unspecified atom stereocenters. The summed E-state index contributed by atoms with van der Waals surface area (Å²) in [6, 6.07) is 14.8. The molecule has 7 nitrogen and oxygen atoms in total. The van der Waals surface area contributed by atoms with Crippen molar-refractivity contribution >= 4 is 45.5 Å². The molecule has 9 heteroatoms. The van der Waals surface area contributed by atoms with E-state index < -0.39 is 0 Å². The molecule has 2 aromatic heterocycles. The zero-order valence-electron chi connectivity index (χ0n) is 16.8. The SMILES string of the molecule is CCOc1ccccc1-c1csc(NC(=O)CCn2c(=S)[nH]c3ccccc3c2=O)n1. The minimum absolute atomic E-state index is 0.0974. The molecule has 4 rings (SSSR count). The number of hydrogen-bond acceptors (Lipinski definition) is 6. The van der Waals surface area contributed by atoms with E-state index >= 15 is 0 Å². The molecule has 0 saturated carbocycles. The summed E-state index contributed by atoms with van der Waals surface area (Å²) in [6.45, 7) is 2.66. The highest BCUT2D eigenvalue weighted by Crippen LogP contribution is 2.32. The fourth-order valence-corrected chi connectivity index (χ4v) is 4.22. The first kappa shape index (κ1) is 21.0. The highest BCUT2D eigenvalue weighted by atomic mass is 32.1. The molecule has 158 valence electrons. The van der Waals surface area contributed by atoms with E-state index in [1.807, 2.05) is 42.6 Å². The van der Waals surface area contributed by atoms with E-state index in [4.69, 9.17) is 17.0 Å². The Labute approximate surface area is 187 Å². The van der Waals surface area contributed by atoms with Crippen molar-refractivity contribution in [3.63, 3.8) is 0 Å². The van der Waals surface area contributed by atoms with Gasteiger partial charge in [0.25, 0.3) is 5.56 Å². The van der Waals surface area contributed by atoms with Crippen LogP contribution in [-0.4, -0.2) is 27.0 Å². The number of amides is 1. The summed E-state index contributed by atoms with van der Waals surface area (Å²) in [5.41, 5.74) is 2.07. The number of thiazole rings is 1. The number of carbonyl (C=O) groups is 1. The number of para-hydroxylation sites is 2. The third kappa shape index (κ3) is 4.57. The number of nitrogens with one attached hydrogen (secondary N) is 2. The number of rotatable bonds is 7. The van der Waals surface area contributed by atoms with Crippen LogP contribution in [0.2, 0.25) is 0 Å². The highest BCUT2D eigenvalue weighted by Gasteiger charge is 2.13. The van der Waals surface area contributed by atoms with Gasteiger partial charge in [-0.05, 0) is 43.4 Å². The minimum atomic E-state index is -0.242. The summed E-state index contributed by atoms with van der Waals surface area (Å²) in [5, 5.41) is 5.69. The molecule has 0 spiro atoms. The number of nitrogens with zero attached hydrogens (tertiary/aromatic N) is 2. The Balaban J connectivity index is 1.46. The largest absolute Gasteiger partial charge is 0.493 e. The molecule has 0 aliphatic carbocycles. The zero-order valence-corrected chi connectivity index (χ0v) is 18.4. The quantitative estimate of drug-likeness (QED) is 0.400. The lowest BCUT2D eigenvalue weighted by atomic mass is 10.1. The molecule has 0 radical (unpaired) electrons. The van der Waals surface area contributed by atoms with Gasteiger partial charge in [-0.25, -0.2) is 4.98 Å². The van der Waals surface area contributed by atoms with Crippen molar-refractivity contribution in [3.8, 4) is 17.0 Å². The molecule has 31 heavy (non-hydrogen) atoms. The maximum atomic E-state index is 12.7. The number of anilines is 1. The number of fused-ring (bicyclic) bond motifs is 1. The van der Waals surface area contributed by atoms with Gasteiger partial charge in [-0.1, -0.05) is 24.3 Å². The van der Waals surface area contributed by atoms with Crippen LogP contribution in [0.3, 0.4) is 0 Å². The van der Waals surface area contributed by atoms with Crippen LogP contribution in [-0.2, 0) is 11.3 Å². The monoisotopic (exact) mass is 452 g/mol. The molecule has 0 fully saturated rings. The lowest BCUT2D eigenvalue weighted by Crippen LogP contribution is -2.25. The normalized spacial score (nSPS) is 10.9. The summed E-state index contributed by atoms with van der Waals surface area (Å²) < 4.78 is 7.35. The van der Waals surface area contributed by atoms with Gasteiger partial charge in [-0.15, -0.1) is 11.3 Å². The lowest BCUT2D eigenvalue weighted by Gasteiger charge is -2.08. The van der Waals surface area contributed by atoms with Gasteiger partial charge < -0.3 is 15.0 Å². The third-order valence-electron chi connectivity index (χ3n) is 4.67. The highest BCUT2D eigenvalue weighted by molar-refractivity contribution is 7.71. The van der Waals surface area contributed by atoms with Gasteiger partial charge in [0.15, 0.2) is 9.90 Å². The molecule has 0 bridgehead atoms. The molecule has 0 aliphatic heterocycles. The van der Waals surface area contributed by atoms with Crippen LogP contribution < -0.4 is 15.6 Å². The van der Waals surface area contributed by atoms with Crippen molar-refractivity contribution in [1.29, 1.82) is 0 Å². The van der Waals surface area contributed by atoms with Crippen LogP contribution >= 0.6 is 23.6 Å². The lowest BCUT2D eigenvalue weighted by molar-refractivity contribution is -0.116. The molecule has 2 aromatic carbocycles. The number of aromatic amines is 1. The molecule has 4 aromatic rings. The molecule has 0 atom stereocenters. The van der Waals surface area contributed by atoms with Gasteiger partial charge in [0.1, 0.15) is 5.75 Å². The Morgan fingerprint density at radius 3 is 2.84 bits per heavy atom. The number of carbonyl (C=O) groups excluding carboxylic acids is 1. The van der Waals surface area contributed by atoms with Gasteiger partial charge >= 0.3 is 0 Å². The maximum Gasteiger partial charge on any atom is 0.262 e. The van der Waals surface area contributed by atoms with Crippen LogP contribution in [0.1, 0.15) is 13.3 Å². The van der Waals surface area contributed by atoms with E-state index in [0.717, 1.165) is 17.0 Å². The fraction of sp³-hybridized carbons (Fsp3) is 0.182. The first-order valence-electron chi connectivity index (χ1n) is 9.76.